The van der Waals surface area contributed by atoms with Crippen molar-refractivity contribution in [3.05, 3.63) is 53.7 Å². The lowest BCUT2D eigenvalue weighted by molar-refractivity contribution is -0.0441. The maximum Gasteiger partial charge on any atom is 0.184 e. The van der Waals surface area contributed by atoms with Crippen LogP contribution < -0.4 is 4.90 Å². The number of para-hydroxylation sites is 1. The molecule has 1 N–H and O–H groups in total. The van der Waals surface area contributed by atoms with E-state index in [1.54, 1.807) is 6.20 Å². The van der Waals surface area contributed by atoms with Crippen molar-refractivity contribution in [2.45, 2.75) is 18.8 Å². The van der Waals surface area contributed by atoms with Crippen molar-refractivity contribution in [1.82, 2.24) is 4.98 Å². The van der Waals surface area contributed by atoms with Crippen molar-refractivity contribution < 1.29 is 14.6 Å². The van der Waals surface area contributed by atoms with Gasteiger partial charge in [0.2, 0.25) is 0 Å². The molecule has 1 unspecified atom stereocenters. The number of pyridine rings is 1. The van der Waals surface area contributed by atoms with Crippen LogP contribution in [0.5, 0.6) is 0 Å². The van der Waals surface area contributed by atoms with Crippen LogP contribution in [0.4, 0.5) is 11.5 Å². The van der Waals surface area contributed by atoms with Crippen molar-refractivity contribution in [1.29, 1.82) is 0 Å². The third-order valence-corrected chi connectivity index (χ3v) is 4.18. The van der Waals surface area contributed by atoms with Crippen LogP contribution >= 0.6 is 0 Å². The fourth-order valence-corrected chi connectivity index (χ4v) is 3.13. The fraction of sp³-hybridized carbons (Fsp3) is 0.353. The molecule has 114 valence electrons. The molecule has 5 heteroatoms. The predicted molar refractivity (Wildman–Crippen MR) is 81.9 cm³/mol. The van der Waals surface area contributed by atoms with E-state index in [2.05, 4.69) is 4.98 Å². The number of β-amino-alcohol motifs (C(OH)–C–C–N with tert-alkyl or cyclic N) is 1. The Hall–Kier alpha value is -1.95. The van der Waals surface area contributed by atoms with E-state index >= 15 is 0 Å². The molecule has 0 saturated carbocycles. The number of ether oxygens (including phenoxy) is 2. The molecule has 1 fully saturated rings. The third kappa shape index (κ3) is 2.18. The molecule has 0 radical (unpaired) electrons. The van der Waals surface area contributed by atoms with Gasteiger partial charge in [-0.3, -0.25) is 0 Å². The zero-order valence-corrected chi connectivity index (χ0v) is 12.4. The number of fused-ring (bicyclic) bond motifs is 1. The van der Waals surface area contributed by atoms with Crippen LogP contribution in [0.2, 0.25) is 0 Å². The molecule has 4 rings (SSSR count). The highest BCUT2D eigenvalue weighted by molar-refractivity contribution is 5.70. The van der Waals surface area contributed by atoms with Gasteiger partial charge in [-0.05, 0) is 25.1 Å². The van der Waals surface area contributed by atoms with E-state index in [4.69, 9.17) is 9.47 Å². The van der Waals surface area contributed by atoms with Gasteiger partial charge in [0, 0.05) is 23.0 Å². The lowest BCUT2D eigenvalue weighted by atomic mass is 9.99. The van der Waals surface area contributed by atoms with Crippen LogP contribution in [0, 0.1) is 0 Å². The first-order chi connectivity index (χ1) is 10.6. The summed E-state index contributed by atoms with van der Waals surface area (Å²) in [4.78, 5) is 6.50. The first kappa shape index (κ1) is 13.7. The topological polar surface area (TPSA) is 54.8 Å². The number of hydrogen-bond acceptors (Lipinski definition) is 5. The summed E-state index contributed by atoms with van der Waals surface area (Å²) in [5.74, 6) is 0.793. The van der Waals surface area contributed by atoms with Gasteiger partial charge in [-0.15, -0.1) is 0 Å². The van der Waals surface area contributed by atoms with Gasteiger partial charge in [0.1, 0.15) is 11.4 Å². The van der Waals surface area contributed by atoms with Gasteiger partial charge in [0.15, 0.2) is 6.29 Å². The van der Waals surface area contributed by atoms with Crippen LogP contribution in [-0.4, -0.2) is 29.8 Å². The number of aliphatic hydroxyl groups is 1. The zero-order chi connectivity index (χ0) is 15.2. The lowest BCUT2D eigenvalue weighted by Gasteiger charge is -2.21. The molecule has 0 amide bonds. The van der Waals surface area contributed by atoms with Crippen molar-refractivity contribution >= 4 is 11.5 Å². The summed E-state index contributed by atoms with van der Waals surface area (Å²) in [6, 6.07) is 11.8. The Morgan fingerprint density at radius 2 is 2.00 bits per heavy atom. The molecule has 2 aliphatic heterocycles. The highest BCUT2D eigenvalue weighted by Gasteiger charge is 2.38. The number of nitrogens with zero attached hydrogens (tertiary/aromatic N) is 2. The van der Waals surface area contributed by atoms with E-state index in [1.807, 2.05) is 48.2 Å². The fourth-order valence-electron chi connectivity index (χ4n) is 3.13. The molecule has 0 bridgehead atoms. The van der Waals surface area contributed by atoms with Gasteiger partial charge in [-0.25, -0.2) is 4.98 Å². The van der Waals surface area contributed by atoms with E-state index in [-0.39, 0.29) is 6.29 Å². The van der Waals surface area contributed by atoms with E-state index < -0.39 is 5.60 Å². The Labute approximate surface area is 129 Å². The Kier molecular flexibility index (Phi) is 3.14. The maximum atomic E-state index is 10.6. The van der Waals surface area contributed by atoms with Crippen molar-refractivity contribution in [2.75, 3.05) is 24.7 Å². The minimum Gasteiger partial charge on any atom is -0.383 e. The second kappa shape index (κ2) is 5.05. The molecule has 1 aromatic heterocycles. The molecule has 0 aliphatic carbocycles. The van der Waals surface area contributed by atoms with Gasteiger partial charge in [-0.1, -0.05) is 18.2 Å². The van der Waals surface area contributed by atoms with Gasteiger partial charge >= 0.3 is 0 Å². The summed E-state index contributed by atoms with van der Waals surface area (Å²) in [7, 11) is 0. The molecule has 0 spiro atoms. The smallest absolute Gasteiger partial charge is 0.184 e. The van der Waals surface area contributed by atoms with Crippen LogP contribution in [-0.2, 0) is 15.1 Å². The third-order valence-electron chi connectivity index (χ3n) is 4.18. The number of benzene rings is 1. The average molecular weight is 298 g/mol. The molecule has 1 atom stereocenters. The molecule has 1 aromatic carbocycles. The first-order valence-electron chi connectivity index (χ1n) is 7.44. The number of anilines is 2. The van der Waals surface area contributed by atoms with Gasteiger partial charge in [-0.2, -0.15) is 0 Å². The van der Waals surface area contributed by atoms with Crippen molar-refractivity contribution in [3.8, 4) is 0 Å². The van der Waals surface area contributed by atoms with E-state index in [0.717, 1.165) is 22.6 Å². The second-order valence-electron chi connectivity index (χ2n) is 5.90. The van der Waals surface area contributed by atoms with Crippen molar-refractivity contribution in [3.63, 3.8) is 0 Å². The monoisotopic (exact) mass is 298 g/mol. The summed E-state index contributed by atoms with van der Waals surface area (Å²) in [6.45, 7) is 3.54. The van der Waals surface area contributed by atoms with Gasteiger partial charge in [0.25, 0.3) is 0 Å². The number of hydrogen-bond donors (Lipinski definition) is 1. The van der Waals surface area contributed by atoms with Crippen molar-refractivity contribution in [2.24, 2.45) is 0 Å². The van der Waals surface area contributed by atoms with E-state index in [9.17, 15) is 5.11 Å². The predicted octanol–water partition coefficient (Wildman–Crippen LogP) is 2.49. The minimum absolute atomic E-state index is 0.319. The molecule has 2 aliphatic rings. The Balaban J connectivity index is 1.72. The van der Waals surface area contributed by atoms with E-state index in [1.165, 1.54) is 0 Å². The normalized spacial score (nSPS) is 24.7. The number of rotatable bonds is 2. The molecule has 5 nitrogen and oxygen atoms in total. The number of aromatic nitrogens is 1. The molecule has 2 aromatic rings. The largest absolute Gasteiger partial charge is 0.383 e. The Morgan fingerprint density at radius 3 is 2.82 bits per heavy atom. The highest BCUT2D eigenvalue weighted by atomic mass is 16.7. The van der Waals surface area contributed by atoms with Crippen LogP contribution in [0.25, 0.3) is 0 Å². The molecular weight excluding hydrogens is 280 g/mol. The highest BCUT2D eigenvalue weighted by Crippen LogP contribution is 2.42. The SMILES string of the molecule is CC1(O)CN(c2cc(C3OCCO3)ccn2)c2ccccc21. The summed E-state index contributed by atoms with van der Waals surface area (Å²) in [5, 5.41) is 10.6. The summed E-state index contributed by atoms with van der Waals surface area (Å²) < 4.78 is 11.1. The summed E-state index contributed by atoms with van der Waals surface area (Å²) in [5.41, 5.74) is 1.99. The average Bonchev–Trinajstić information content (AvgIpc) is 3.15. The lowest BCUT2D eigenvalue weighted by Crippen LogP contribution is -2.28. The molecule has 3 heterocycles. The van der Waals surface area contributed by atoms with Gasteiger partial charge < -0.3 is 19.5 Å². The zero-order valence-electron chi connectivity index (χ0n) is 12.4. The standard InChI is InChI=1S/C17H18N2O3/c1-17(20)11-19(14-5-3-2-4-13(14)17)15-10-12(6-7-18-15)16-21-8-9-22-16/h2-7,10,16,20H,8-9,11H2,1H3. The molecule has 1 saturated heterocycles. The van der Waals surface area contributed by atoms with Gasteiger partial charge in [0.05, 0.1) is 19.8 Å². The first-order valence-corrected chi connectivity index (χ1v) is 7.44. The Morgan fingerprint density at radius 1 is 1.23 bits per heavy atom. The molecular formula is C17H18N2O3. The maximum absolute atomic E-state index is 10.6. The Bertz CT molecular complexity index is 696. The molecule has 22 heavy (non-hydrogen) atoms. The van der Waals surface area contributed by atoms with Crippen LogP contribution in [0.3, 0.4) is 0 Å². The second-order valence-corrected chi connectivity index (χ2v) is 5.90. The van der Waals surface area contributed by atoms with E-state index in [0.29, 0.717) is 19.8 Å². The van der Waals surface area contributed by atoms with Crippen LogP contribution in [0.1, 0.15) is 24.3 Å². The minimum atomic E-state index is -0.880. The quantitative estimate of drug-likeness (QED) is 0.923. The van der Waals surface area contributed by atoms with Crippen LogP contribution in [0.15, 0.2) is 42.6 Å². The summed E-state index contributed by atoms with van der Waals surface area (Å²) >= 11 is 0. The summed E-state index contributed by atoms with van der Waals surface area (Å²) in [6.07, 6.45) is 1.44.